The summed E-state index contributed by atoms with van der Waals surface area (Å²) in [5.41, 5.74) is 1.79. The molecule has 1 aromatic heterocycles. The molecule has 3 aliphatic heterocycles. The number of carbonyl (C=O) groups excluding carboxylic acids is 2. The van der Waals surface area contributed by atoms with Crippen LogP contribution < -0.4 is 9.47 Å². The molecular weight excluding hydrogens is 370 g/mol. The van der Waals surface area contributed by atoms with Crippen molar-refractivity contribution < 1.29 is 27.3 Å². The monoisotopic (exact) mass is 395 g/mol. The van der Waals surface area contributed by atoms with Crippen molar-refractivity contribution in [2.24, 2.45) is 0 Å². The van der Waals surface area contributed by atoms with Crippen LogP contribution in [-0.2, 0) is 16.0 Å². The molecule has 29 heavy (non-hydrogen) atoms. The highest BCUT2D eigenvalue weighted by Gasteiger charge is 2.47. The molecule has 0 spiro atoms. The number of nitrogens with zero attached hydrogens (tertiary/aromatic N) is 2. The van der Waals surface area contributed by atoms with E-state index in [1.165, 1.54) is 6.07 Å². The third kappa shape index (κ3) is 2.24. The largest absolute Gasteiger partial charge is 0.454 e. The number of piperazine rings is 1. The lowest BCUT2D eigenvalue weighted by atomic mass is 9.86. The summed E-state index contributed by atoms with van der Waals surface area (Å²) in [5.74, 6) is -1.57. The molecule has 3 aliphatic rings. The smallest absolute Gasteiger partial charge is 0.245 e. The number of ether oxygens (including phenoxy) is 2. The summed E-state index contributed by atoms with van der Waals surface area (Å²) in [5, 5.41) is 0.730. The van der Waals surface area contributed by atoms with Crippen molar-refractivity contribution in [3.05, 3.63) is 59.3 Å². The minimum Gasteiger partial charge on any atom is -0.454 e. The zero-order valence-corrected chi connectivity index (χ0v) is 15.1. The number of benzene rings is 2. The van der Waals surface area contributed by atoms with Gasteiger partial charge in [-0.25, -0.2) is 0 Å². The third-order valence-electron chi connectivity index (χ3n) is 5.58. The summed E-state index contributed by atoms with van der Waals surface area (Å²) in [6.07, 6.45) is -0.0717. The predicted octanol–water partition coefficient (Wildman–Crippen LogP) is 2.21. The van der Waals surface area contributed by atoms with Crippen LogP contribution in [0.25, 0.3) is 10.9 Å². The Morgan fingerprint density at radius 3 is 2.97 bits per heavy atom. The first-order chi connectivity index (χ1) is 16.5. The minimum atomic E-state index is -3.19. The number of amides is 2. The fourth-order valence-electron chi connectivity index (χ4n) is 4.30. The molecule has 1 saturated heterocycles. The van der Waals surface area contributed by atoms with Crippen LogP contribution in [-0.4, -0.2) is 52.9 Å². The van der Waals surface area contributed by atoms with Crippen molar-refractivity contribution in [2.45, 2.75) is 18.5 Å². The van der Waals surface area contributed by atoms with Gasteiger partial charge in [-0.1, -0.05) is 24.3 Å². The Morgan fingerprint density at radius 1 is 1.21 bits per heavy atom. The second-order valence-electron chi connectivity index (χ2n) is 7.12. The number of likely N-dealkylation sites (N-methyl/N-ethyl adjacent to an activating group) is 1. The summed E-state index contributed by atoms with van der Waals surface area (Å²) in [6, 6.07) is 8.39. The number of hydrogen-bond acceptors (Lipinski definition) is 4. The van der Waals surface area contributed by atoms with Crippen LogP contribution in [0, 0.1) is 0 Å². The van der Waals surface area contributed by atoms with E-state index in [2.05, 4.69) is 4.98 Å². The molecular formula is C22H19N3O4. The van der Waals surface area contributed by atoms with Gasteiger partial charge in [-0.15, -0.1) is 0 Å². The van der Waals surface area contributed by atoms with Crippen molar-refractivity contribution in [3.63, 3.8) is 0 Å². The fraction of sp³-hybridized carbons (Fsp3) is 0.273. The lowest BCUT2D eigenvalue weighted by Gasteiger charge is -2.46. The number of rotatable bonds is 1. The quantitative estimate of drug-likeness (QED) is 0.686. The van der Waals surface area contributed by atoms with E-state index in [0.717, 1.165) is 10.3 Å². The zero-order valence-electron chi connectivity index (χ0n) is 21.1. The first-order valence-electron chi connectivity index (χ1n) is 12.1. The van der Waals surface area contributed by atoms with Gasteiger partial charge in [-0.2, -0.15) is 0 Å². The Bertz CT molecular complexity index is 1420. The molecule has 0 unspecified atom stereocenters. The number of aromatic nitrogens is 1. The van der Waals surface area contributed by atoms with Gasteiger partial charge in [0, 0.05) is 34.1 Å². The zero-order chi connectivity index (χ0) is 24.9. The first kappa shape index (κ1) is 11.5. The summed E-state index contributed by atoms with van der Waals surface area (Å²) >= 11 is 0. The van der Waals surface area contributed by atoms with Gasteiger partial charge < -0.3 is 24.3 Å². The Morgan fingerprint density at radius 2 is 2.07 bits per heavy atom. The molecule has 0 radical (unpaired) electrons. The lowest BCUT2D eigenvalue weighted by molar-refractivity contribution is -0.157. The van der Waals surface area contributed by atoms with Gasteiger partial charge in [0.25, 0.3) is 0 Å². The molecule has 2 atom stereocenters. The maximum Gasteiger partial charge on any atom is 0.245 e. The van der Waals surface area contributed by atoms with Crippen LogP contribution in [0.2, 0.25) is 0 Å². The first-order valence-corrected chi connectivity index (χ1v) is 9.14. The Hall–Kier alpha value is -3.48. The SMILES string of the molecule is [2H]C([2H])([2H])N1C(=O)[C@H]2Cc3c([nH]c4ccccc34)[C@@]([2H])(c3ccc4c(c3)OCO4)N2C(=O)C1([2H])[2H]. The second kappa shape index (κ2) is 5.76. The minimum absolute atomic E-state index is 0.0126. The Balaban J connectivity index is 1.64. The summed E-state index contributed by atoms with van der Waals surface area (Å²) < 4.78 is 60.4. The van der Waals surface area contributed by atoms with E-state index < -0.39 is 37.3 Å². The molecule has 4 heterocycles. The molecule has 7 heteroatoms. The van der Waals surface area contributed by atoms with E-state index >= 15 is 0 Å². The van der Waals surface area contributed by atoms with E-state index in [1.807, 2.05) is 6.07 Å². The van der Waals surface area contributed by atoms with Gasteiger partial charge in [0.2, 0.25) is 18.6 Å². The Labute approximate surface area is 175 Å². The summed E-state index contributed by atoms with van der Waals surface area (Å²) in [7, 11) is 0. The lowest BCUT2D eigenvalue weighted by Crippen LogP contribution is -2.62. The fourth-order valence-corrected chi connectivity index (χ4v) is 4.30. The maximum absolute atomic E-state index is 13.6. The molecule has 2 aromatic carbocycles. The van der Waals surface area contributed by atoms with Crippen LogP contribution in [0.1, 0.15) is 31.1 Å². The predicted molar refractivity (Wildman–Crippen MR) is 105 cm³/mol. The molecule has 1 fully saturated rings. The third-order valence-corrected chi connectivity index (χ3v) is 5.58. The number of para-hydroxylation sites is 1. The van der Waals surface area contributed by atoms with Crippen LogP contribution >= 0.6 is 0 Å². The van der Waals surface area contributed by atoms with Crippen molar-refractivity contribution in [1.82, 2.24) is 14.8 Å². The van der Waals surface area contributed by atoms with Crippen LogP contribution in [0.4, 0.5) is 0 Å². The highest BCUT2D eigenvalue weighted by molar-refractivity contribution is 5.97. The van der Waals surface area contributed by atoms with Gasteiger partial charge in [0.15, 0.2) is 11.5 Å². The summed E-state index contributed by atoms with van der Waals surface area (Å²) in [4.78, 5) is 31.3. The van der Waals surface area contributed by atoms with Gasteiger partial charge in [-0.05, 0) is 29.3 Å². The molecule has 2 amide bonds. The second-order valence-corrected chi connectivity index (χ2v) is 7.12. The van der Waals surface area contributed by atoms with Gasteiger partial charge in [0.05, 0.1) is 16.6 Å². The highest BCUT2D eigenvalue weighted by atomic mass is 16.7. The maximum atomic E-state index is 13.6. The van der Waals surface area contributed by atoms with Gasteiger partial charge in [0.1, 0.15) is 6.04 Å². The average molecular weight is 395 g/mol. The molecule has 6 rings (SSSR count). The average Bonchev–Trinajstić information content (AvgIpc) is 3.41. The molecule has 0 aliphatic carbocycles. The van der Waals surface area contributed by atoms with E-state index in [-0.39, 0.29) is 23.7 Å². The highest BCUT2D eigenvalue weighted by Crippen LogP contribution is 2.44. The topological polar surface area (TPSA) is 74.9 Å². The molecule has 0 bridgehead atoms. The number of H-pyrrole nitrogens is 1. The van der Waals surface area contributed by atoms with E-state index in [0.29, 0.717) is 28.3 Å². The molecule has 0 saturated carbocycles. The number of nitrogens with one attached hydrogen (secondary N) is 1. The van der Waals surface area contributed by atoms with E-state index in [1.54, 1.807) is 30.3 Å². The van der Waals surface area contributed by atoms with Crippen molar-refractivity contribution >= 4 is 22.7 Å². The number of fused-ring (bicyclic) bond motifs is 5. The van der Waals surface area contributed by atoms with Gasteiger partial charge in [-0.3, -0.25) is 9.59 Å². The Kier molecular flexibility index (Phi) is 2.29. The van der Waals surface area contributed by atoms with Crippen LogP contribution in [0.15, 0.2) is 42.5 Å². The molecule has 1 N–H and O–H groups in total. The van der Waals surface area contributed by atoms with Crippen LogP contribution in [0.3, 0.4) is 0 Å². The number of aromatic amines is 1. The van der Waals surface area contributed by atoms with Crippen molar-refractivity contribution in [1.29, 1.82) is 0 Å². The number of hydrogen-bond donors (Lipinski definition) is 1. The summed E-state index contributed by atoms with van der Waals surface area (Å²) in [6.45, 7) is -6.39. The van der Waals surface area contributed by atoms with E-state index in [9.17, 15) is 11.0 Å². The molecule has 3 aromatic rings. The van der Waals surface area contributed by atoms with Gasteiger partial charge >= 0.3 is 0 Å². The molecule has 146 valence electrons. The van der Waals surface area contributed by atoms with Crippen molar-refractivity contribution in [3.8, 4) is 11.5 Å². The normalized spacial score (nSPS) is 30.6. The van der Waals surface area contributed by atoms with E-state index in [4.69, 9.17) is 16.3 Å². The van der Waals surface area contributed by atoms with Crippen molar-refractivity contribution in [2.75, 3.05) is 20.3 Å². The molecule has 7 nitrogen and oxygen atoms in total. The number of carbonyl (C=O) groups is 2. The standard InChI is InChI=1S/C22H19N3O4/c1-24-10-19(26)25-16(22(24)27)9-14-13-4-2-3-5-15(13)23-20(14)21(25)12-6-7-17-18(8-12)29-11-28-17/h2-8,16,21,23H,9-11H2,1H3/t16-,21-/m1/s1/i1D3,10D2,21D. The van der Waals surface area contributed by atoms with Crippen LogP contribution in [0.5, 0.6) is 11.5 Å².